The summed E-state index contributed by atoms with van der Waals surface area (Å²) in [6.45, 7) is 6.31. The van der Waals surface area contributed by atoms with E-state index in [-0.39, 0.29) is 10.3 Å². The molecule has 6 nitrogen and oxygen atoms in total. The van der Waals surface area contributed by atoms with Crippen LogP contribution in [0.2, 0.25) is 0 Å². The zero-order valence-electron chi connectivity index (χ0n) is 9.25. The van der Waals surface area contributed by atoms with Crippen LogP contribution in [0.1, 0.15) is 0 Å². The van der Waals surface area contributed by atoms with Gasteiger partial charge in [0, 0.05) is 24.8 Å². The van der Waals surface area contributed by atoms with Gasteiger partial charge in [0.1, 0.15) is 0 Å². The Hall–Kier alpha value is -2.06. The van der Waals surface area contributed by atoms with Gasteiger partial charge in [-0.05, 0) is 48.7 Å². The molecule has 0 saturated heterocycles. The molecule has 0 fully saturated rings. The smallest absolute Gasteiger partial charge is 0.293 e. The van der Waals surface area contributed by atoms with Crippen molar-refractivity contribution in [3.63, 3.8) is 0 Å². The van der Waals surface area contributed by atoms with Crippen LogP contribution in [-0.4, -0.2) is 23.8 Å². The minimum absolute atomic E-state index is 0.112. The molecular formula is C10H10N4O2S2. The molecule has 94 valence electrons. The first kappa shape index (κ1) is 14.0. The Labute approximate surface area is 115 Å². The van der Waals surface area contributed by atoms with Crippen LogP contribution >= 0.6 is 24.4 Å². The second-order valence-corrected chi connectivity index (χ2v) is 3.58. The minimum atomic E-state index is 0.112. The molecule has 0 bridgehead atoms. The number of benzene rings is 1. The molecule has 1 rings (SSSR count). The van der Waals surface area contributed by atoms with E-state index < -0.39 is 0 Å². The molecule has 0 aliphatic carbocycles. The predicted molar refractivity (Wildman–Crippen MR) is 80.2 cm³/mol. The molecule has 18 heavy (non-hydrogen) atoms. The zero-order valence-corrected chi connectivity index (χ0v) is 10.9. The van der Waals surface area contributed by atoms with Gasteiger partial charge in [0.2, 0.25) is 0 Å². The van der Waals surface area contributed by atoms with E-state index in [0.717, 1.165) is 11.4 Å². The van der Waals surface area contributed by atoms with Gasteiger partial charge in [-0.1, -0.05) is 10.3 Å². The highest BCUT2D eigenvalue weighted by atomic mass is 32.1. The average Bonchev–Trinajstić information content (AvgIpc) is 2.32. The SMILES string of the molecule is C=NOC(=S)Nc1ccc(NC(=S)ON=C)cc1. The van der Waals surface area contributed by atoms with Crippen molar-refractivity contribution in [2.24, 2.45) is 10.3 Å². The fraction of sp³-hybridized carbons (Fsp3) is 0. The van der Waals surface area contributed by atoms with Crippen LogP contribution in [0.5, 0.6) is 0 Å². The topological polar surface area (TPSA) is 67.2 Å². The van der Waals surface area contributed by atoms with E-state index >= 15 is 0 Å². The lowest BCUT2D eigenvalue weighted by Gasteiger charge is -2.07. The molecule has 0 saturated carbocycles. The minimum Gasteiger partial charge on any atom is -0.327 e. The van der Waals surface area contributed by atoms with Crippen LogP contribution < -0.4 is 10.6 Å². The van der Waals surface area contributed by atoms with Crippen molar-refractivity contribution in [3.8, 4) is 0 Å². The Morgan fingerprint density at radius 3 is 1.50 bits per heavy atom. The molecule has 0 unspecified atom stereocenters. The van der Waals surface area contributed by atoms with Crippen molar-refractivity contribution < 1.29 is 9.68 Å². The van der Waals surface area contributed by atoms with Crippen LogP contribution in [0.4, 0.5) is 11.4 Å². The molecule has 0 spiro atoms. The van der Waals surface area contributed by atoms with E-state index in [0.29, 0.717) is 0 Å². The van der Waals surface area contributed by atoms with Crippen molar-refractivity contribution >= 4 is 59.6 Å². The first-order valence-electron chi connectivity index (χ1n) is 4.64. The summed E-state index contributed by atoms with van der Waals surface area (Å²) in [6.07, 6.45) is 0. The molecule has 8 heteroatoms. The third-order valence-electron chi connectivity index (χ3n) is 1.67. The van der Waals surface area contributed by atoms with Crippen molar-refractivity contribution in [1.82, 2.24) is 0 Å². The molecule has 0 radical (unpaired) electrons. The van der Waals surface area contributed by atoms with E-state index in [1.54, 1.807) is 24.3 Å². The molecule has 0 amide bonds. The second-order valence-electron chi connectivity index (χ2n) is 2.84. The largest absolute Gasteiger partial charge is 0.327 e. The lowest BCUT2D eigenvalue weighted by atomic mass is 10.3. The van der Waals surface area contributed by atoms with Gasteiger partial charge in [-0.25, -0.2) is 0 Å². The molecule has 1 aromatic carbocycles. The highest BCUT2D eigenvalue weighted by Gasteiger charge is 2.00. The van der Waals surface area contributed by atoms with Crippen LogP contribution in [0, 0.1) is 0 Å². The standard InChI is InChI=1S/C10H10N4O2S2/c1-11-15-9(17)13-7-3-5-8(6-4-7)14-10(18)16-12-2/h3-6H,1-2H2,(H,13,17)(H,14,18). The average molecular weight is 282 g/mol. The van der Waals surface area contributed by atoms with Gasteiger partial charge in [0.15, 0.2) is 0 Å². The van der Waals surface area contributed by atoms with E-state index in [4.69, 9.17) is 24.4 Å². The first-order chi connectivity index (χ1) is 8.65. The number of hydrogen-bond donors (Lipinski definition) is 2. The lowest BCUT2D eigenvalue weighted by molar-refractivity contribution is 0.341. The molecule has 2 N–H and O–H groups in total. The Balaban J connectivity index is 2.57. The Morgan fingerprint density at radius 2 is 1.22 bits per heavy atom. The van der Waals surface area contributed by atoms with Crippen LogP contribution in [0.3, 0.4) is 0 Å². The summed E-state index contributed by atoms with van der Waals surface area (Å²) in [7, 11) is 0. The monoisotopic (exact) mass is 282 g/mol. The Bertz CT molecular complexity index is 418. The van der Waals surface area contributed by atoms with Crippen LogP contribution in [0.25, 0.3) is 0 Å². The number of thiocarbonyl (C=S) groups is 2. The normalized spacial score (nSPS) is 8.89. The fourth-order valence-corrected chi connectivity index (χ4v) is 1.38. The van der Waals surface area contributed by atoms with Crippen LogP contribution in [-0.2, 0) is 9.68 Å². The van der Waals surface area contributed by atoms with Crippen molar-refractivity contribution in [2.75, 3.05) is 10.6 Å². The van der Waals surface area contributed by atoms with E-state index in [1.165, 1.54) is 0 Å². The van der Waals surface area contributed by atoms with Gasteiger partial charge in [0.25, 0.3) is 10.3 Å². The van der Waals surface area contributed by atoms with E-state index in [9.17, 15) is 0 Å². The van der Waals surface area contributed by atoms with Crippen molar-refractivity contribution in [3.05, 3.63) is 24.3 Å². The van der Waals surface area contributed by atoms with Gasteiger partial charge < -0.3 is 20.3 Å². The highest BCUT2D eigenvalue weighted by molar-refractivity contribution is 7.80. The van der Waals surface area contributed by atoms with Gasteiger partial charge in [-0.3, -0.25) is 0 Å². The van der Waals surface area contributed by atoms with Gasteiger partial charge in [-0.15, -0.1) is 0 Å². The zero-order chi connectivity index (χ0) is 13.4. The Morgan fingerprint density at radius 1 is 0.889 bits per heavy atom. The molecule has 0 aromatic heterocycles. The number of nitrogens with zero attached hydrogens (tertiary/aromatic N) is 2. The van der Waals surface area contributed by atoms with Gasteiger partial charge >= 0.3 is 0 Å². The maximum atomic E-state index is 4.83. The first-order valence-corrected chi connectivity index (χ1v) is 5.45. The maximum Gasteiger partial charge on any atom is 0.293 e. The van der Waals surface area contributed by atoms with Gasteiger partial charge in [0.05, 0.1) is 0 Å². The van der Waals surface area contributed by atoms with Crippen molar-refractivity contribution in [1.29, 1.82) is 0 Å². The molecule has 0 aliphatic heterocycles. The number of oxime groups is 2. The third-order valence-corrected chi connectivity index (χ3v) is 2.03. The van der Waals surface area contributed by atoms with Crippen LogP contribution in [0.15, 0.2) is 34.6 Å². The molecule has 0 heterocycles. The third kappa shape index (κ3) is 4.85. The maximum absolute atomic E-state index is 4.83. The number of rotatable bonds is 4. The molecule has 0 atom stereocenters. The summed E-state index contributed by atoms with van der Waals surface area (Å²) in [4.78, 5) is 9.26. The quantitative estimate of drug-likeness (QED) is 0.502. The second kappa shape index (κ2) is 7.30. The number of hydrogen-bond acceptors (Lipinski definition) is 6. The number of anilines is 2. The summed E-state index contributed by atoms with van der Waals surface area (Å²) in [5.41, 5.74) is 1.48. The summed E-state index contributed by atoms with van der Waals surface area (Å²) < 4.78 is 0. The summed E-state index contributed by atoms with van der Waals surface area (Å²) in [6, 6.07) is 7.08. The van der Waals surface area contributed by atoms with Gasteiger partial charge in [-0.2, -0.15) is 0 Å². The lowest BCUT2D eigenvalue weighted by Crippen LogP contribution is -2.11. The molecule has 1 aromatic rings. The Kier molecular flexibility index (Phi) is 5.68. The molecule has 0 aliphatic rings. The summed E-state index contributed by atoms with van der Waals surface area (Å²) >= 11 is 9.66. The van der Waals surface area contributed by atoms with E-state index in [2.05, 4.69) is 44.1 Å². The number of nitrogens with one attached hydrogen (secondary N) is 2. The van der Waals surface area contributed by atoms with Crippen molar-refractivity contribution in [2.45, 2.75) is 0 Å². The molecular weight excluding hydrogens is 272 g/mol. The summed E-state index contributed by atoms with van der Waals surface area (Å²) in [5.74, 6) is 0. The summed E-state index contributed by atoms with van der Waals surface area (Å²) in [5, 5.41) is 12.2. The highest BCUT2D eigenvalue weighted by Crippen LogP contribution is 2.14. The fourth-order valence-electron chi connectivity index (χ4n) is 1.04. The predicted octanol–water partition coefficient (Wildman–Crippen LogP) is 2.34. The van der Waals surface area contributed by atoms with E-state index in [1.807, 2.05) is 0 Å².